The van der Waals surface area contributed by atoms with Gasteiger partial charge in [0.25, 0.3) is 11.7 Å². The molecule has 4 N–H and O–H groups in total. The van der Waals surface area contributed by atoms with Gasteiger partial charge in [-0.3, -0.25) is 9.59 Å². The van der Waals surface area contributed by atoms with Gasteiger partial charge in [-0.25, -0.2) is 9.59 Å². The van der Waals surface area contributed by atoms with Gasteiger partial charge in [-0.2, -0.15) is 0 Å². The number of rotatable bonds is 9. The lowest BCUT2D eigenvalue weighted by Gasteiger charge is -2.47. The maximum atomic E-state index is 14.5. The van der Waals surface area contributed by atoms with Crippen molar-refractivity contribution in [1.82, 2.24) is 4.90 Å². The Morgan fingerprint density at radius 3 is 2.26 bits per heavy atom. The number of carbonyl (C=O) groups excluding carboxylic acids is 3. The first-order chi connectivity index (χ1) is 28.9. The number of oxime groups is 1. The highest BCUT2D eigenvalue weighted by Gasteiger charge is 2.56. The SMILES string of the molecule is CC[C@@H]1/C=C(\C)C[C@H](C)C[C@H](OC)[C@H]2O[C@@](O)(C(=O)C(=O)N3CCCC[C@H]3C(=O)O[C@H](/C(C)=C/[C@@H]3CC[C@@H](O)[C@H](OC)C3)[C@H](C)[C@@H](O)C/C1=N/OCC(=O)O)[C@H](C)C[C@@H]2OC. The Balaban J connectivity index is 1.83. The van der Waals surface area contributed by atoms with Crippen molar-refractivity contribution in [2.24, 2.45) is 34.7 Å². The number of ketones is 1. The first kappa shape index (κ1) is 50.4. The van der Waals surface area contributed by atoms with Gasteiger partial charge in [0.2, 0.25) is 12.4 Å². The van der Waals surface area contributed by atoms with Crippen LogP contribution in [0.3, 0.4) is 0 Å². The topological polar surface area (TPSA) is 220 Å². The van der Waals surface area contributed by atoms with Crippen LogP contribution in [0.1, 0.15) is 112 Å². The monoisotopic (exact) mass is 864 g/mol. The number of esters is 1. The molecule has 16 heteroatoms. The largest absolute Gasteiger partial charge is 0.479 e. The van der Waals surface area contributed by atoms with Crippen LogP contribution in [0.2, 0.25) is 0 Å². The number of allylic oxidation sites excluding steroid dienone is 3. The minimum absolute atomic E-state index is 0.00709. The third-order valence-electron chi connectivity index (χ3n) is 13.3. The summed E-state index contributed by atoms with van der Waals surface area (Å²) in [5, 5.41) is 48.2. The van der Waals surface area contributed by atoms with Gasteiger partial charge < -0.3 is 53.8 Å². The first-order valence-electron chi connectivity index (χ1n) is 22.0. The summed E-state index contributed by atoms with van der Waals surface area (Å²) in [4.78, 5) is 60.9. The van der Waals surface area contributed by atoms with E-state index in [1.807, 2.05) is 39.8 Å². The Bertz CT molecular complexity index is 1600. The van der Waals surface area contributed by atoms with Crippen LogP contribution in [-0.4, -0.2) is 144 Å². The van der Waals surface area contributed by atoms with Gasteiger partial charge in [-0.05, 0) is 95.5 Å². The number of carboxylic acids is 1. The molecule has 4 aliphatic rings. The van der Waals surface area contributed by atoms with Gasteiger partial charge in [0.1, 0.15) is 18.2 Å². The van der Waals surface area contributed by atoms with Crippen molar-refractivity contribution in [3.63, 3.8) is 0 Å². The highest BCUT2D eigenvalue weighted by atomic mass is 16.7. The Morgan fingerprint density at radius 1 is 0.951 bits per heavy atom. The molecule has 346 valence electrons. The number of carbonyl (C=O) groups is 4. The van der Waals surface area contributed by atoms with Gasteiger partial charge in [-0.1, -0.05) is 50.6 Å². The number of piperidine rings is 1. The van der Waals surface area contributed by atoms with Crippen molar-refractivity contribution < 1.29 is 68.1 Å². The second-order valence-electron chi connectivity index (χ2n) is 17.9. The summed E-state index contributed by atoms with van der Waals surface area (Å²) in [6.45, 7) is 10.5. The maximum Gasteiger partial charge on any atom is 0.344 e. The predicted octanol–water partition coefficient (Wildman–Crippen LogP) is 4.36. The second-order valence-corrected chi connectivity index (χ2v) is 17.9. The van der Waals surface area contributed by atoms with Crippen molar-refractivity contribution in [3.8, 4) is 0 Å². The zero-order valence-electron chi connectivity index (χ0n) is 37.6. The first-order valence-corrected chi connectivity index (χ1v) is 22.0. The van der Waals surface area contributed by atoms with E-state index >= 15 is 0 Å². The number of aliphatic hydroxyl groups is 3. The van der Waals surface area contributed by atoms with E-state index in [-0.39, 0.29) is 49.7 Å². The molecule has 0 spiro atoms. The number of aliphatic carboxylic acids is 1. The molecule has 2 bridgehead atoms. The number of cyclic esters (lactones) is 1. The average molecular weight is 865 g/mol. The number of amides is 1. The number of Topliss-reactive ketones (excluding diaryl/α,β-unsaturated/α-hetero) is 1. The van der Waals surface area contributed by atoms with Crippen molar-refractivity contribution in [2.75, 3.05) is 34.5 Å². The summed E-state index contributed by atoms with van der Waals surface area (Å²) in [6, 6.07) is -1.17. The molecule has 3 fully saturated rings. The number of hydrogen-bond donors (Lipinski definition) is 4. The van der Waals surface area contributed by atoms with E-state index in [0.717, 1.165) is 5.57 Å². The molecule has 0 aromatic heterocycles. The molecule has 0 radical (unpaired) electrons. The van der Waals surface area contributed by atoms with Gasteiger partial charge >= 0.3 is 11.9 Å². The molecular formula is C45H72N2O14. The summed E-state index contributed by atoms with van der Waals surface area (Å²) in [5.74, 6) is -8.74. The molecular weight excluding hydrogens is 792 g/mol. The molecule has 16 nitrogen and oxygen atoms in total. The van der Waals surface area contributed by atoms with Crippen LogP contribution < -0.4 is 0 Å². The molecule has 2 saturated heterocycles. The minimum atomic E-state index is -2.53. The Morgan fingerprint density at radius 2 is 1.62 bits per heavy atom. The smallest absolute Gasteiger partial charge is 0.344 e. The summed E-state index contributed by atoms with van der Waals surface area (Å²) < 4.78 is 29.9. The molecule has 4 rings (SSSR count). The van der Waals surface area contributed by atoms with Crippen LogP contribution in [0.25, 0.3) is 0 Å². The molecule has 0 unspecified atom stereocenters. The molecule has 1 saturated carbocycles. The lowest BCUT2D eigenvalue weighted by molar-refractivity contribution is -0.302. The van der Waals surface area contributed by atoms with Crippen LogP contribution in [0.4, 0.5) is 0 Å². The molecule has 14 atom stereocenters. The lowest BCUT2D eigenvalue weighted by atomic mass is 9.81. The van der Waals surface area contributed by atoms with Crippen molar-refractivity contribution in [3.05, 3.63) is 23.3 Å². The number of ether oxygens (including phenoxy) is 5. The molecule has 3 heterocycles. The van der Waals surface area contributed by atoms with Crippen molar-refractivity contribution >= 4 is 29.3 Å². The number of methoxy groups -OCH3 is 3. The average Bonchev–Trinajstić information content (AvgIpc) is 3.23. The summed E-state index contributed by atoms with van der Waals surface area (Å²) in [7, 11) is 4.59. The highest BCUT2D eigenvalue weighted by molar-refractivity contribution is 6.39. The van der Waals surface area contributed by atoms with Crippen LogP contribution in [0.5, 0.6) is 0 Å². The number of hydrogen-bond acceptors (Lipinski definition) is 14. The quantitative estimate of drug-likeness (QED) is 0.110. The molecule has 61 heavy (non-hydrogen) atoms. The lowest BCUT2D eigenvalue weighted by Crippen LogP contribution is -2.64. The van der Waals surface area contributed by atoms with Crippen LogP contribution in [0, 0.1) is 29.6 Å². The van der Waals surface area contributed by atoms with E-state index in [0.29, 0.717) is 62.7 Å². The molecule has 0 aromatic rings. The maximum absolute atomic E-state index is 14.5. The van der Waals surface area contributed by atoms with Gasteiger partial charge in [0.15, 0.2) is 0 Å². The number of nitrogens with zero attached hydrogens (tertiary/aromatic N) is 2. The number of fused-ring (bicyclic) bond motifs is 3. The summed E-state index contributed by atoms with van der Waals surface area (Å²) >= 11 is 0. The van der Waals surface area contributed by atoms with Crippen LogP contribution in [-0.2, 0) is 47.7 Å². The van der Waals surface area contributed by atoms with E-state index in [1.54, 1.807) is 21.0 Å². The van der Waals surface area contributed by atoms with Gasteiger partial charge in [-0.15, -0.1) is 0 Å². The minimum Gasteiger partial charge on any atom is -0.479 e. The normalized spacial score (nSPS) is 39.7. The fourth-order valence-electron chi connectivity index (χ4n) is 9.69. The number of aliphatic hydroxyl groups excluding tert-OH is 2. The van der Waals surface area contributed by atoms with E-state index < -0.39 is 90.5 Å². The summed E-state index contributed by atoms with van der Waals surface area (Å²) in [6.07, 6.45) is 3.44. The van der Waals surface area contributed by atoms with E-state index in [4.69, 9.17) is 28.5 Å². The van der Waals surface area contributed by atoms with Crippen LogP contribution in [0.15, 0.2) is 28.5 Å². The second kappa shape index (κ2) is 22.9. The van der Waals surface area contributed by atoms with Gasteiger partial charge in [0.05, 0.1) is 36.2 Å². The van der Waals surface area contributed by atoms with E-state index in [1.165, 1.54) is 19.1 Å². The molecule has 3 aliphatic heterocycles. The fraction of sp³-hybridized carbons (Fsp3) is 0.800. The summed E-state index contributed by atoms with van der Waals surface area (Å²) in [5.41, 5.74) is 2.05. The Kier molecular flexibility index (Phi) is 18.9. The fourth-order valence-corrected chi connectivity index (χ4v) is 9.69. The number of carboxylic acid groups (broad SMARTS) is 1. The molecule has 1 amide bonds. The Hall–Kier alpha value is -3.25. The molecule has 0 aromatic carbocycles. The van der Waals surface area contributed by atoms with Crippen LogP contribution >= 0.6 is 0 Å². The van der Waals surface area contributed by atoms with Crippen molar-refractivity contribution in [1.29, 1.82) is 0 Å². The highest BCUT2D eigenvalue weighted by Crippen LogP contribution is 2.39. The molecule has 1 aliphatic carbocycles. The Labute approximate surface area is 361 Å². The van der Waals surface area contributed by atoms with E-state index in [9.17, 15) is 39.6 Å². The van der Waals surface area contributed by atoms with Gasteiger partial charge in [0, 0.05) is 52.0 Å². The third-order valence-corrected chi connectivity index (χ3v) is 13.3. The van der Waals surface area contributed by atoms with Crippen molar-refractivity contribution in [2.45, 2.75) is 167 Å². The zero-order valence-corrected chi connectivity index (χ0v) is 37.6. The predicted molar refractivity (Wildman–Crippen MR) is 224 cm³/mol. The standard InChI is InChI=1S/C45H72N2O14/c1-10-31-18-25(2)17-26(3)19-37(57-8)41-38(58-9)21-28(5)45(55,61-41)42(52)43(53)47-16-12-11-13-33(47)44(54)60-40(27(4)20-30-14-15-34(48)36(22-30)56-7)29(6)35(49)23-32(31)46-59-24-39(50)51/h18,20,26,28-31,33-38,40-41,48-49,55H,10-17,19,21-24H2,1-9H3,(H,50,51)/b25-18+,27-20+,46-32-/t26-,28+,29+,30-,31+,33-,34+,35-,36+,37-,38-,40+,41+,45+/m0/s1. The van der Waals surface area contributed by atoms with E-state index in [2.05, 4.69) is 5.16 Å². The zero-order chi connectivity index (χ0) is 45.2. The third kappa shape index (κ3) is 12.7.